The number of hydrogen-bond acceptors (Lipinski definition) is 3. The fraction of sp³-hybridized carbons (Fsp3) is 0. The maximum absolute atomic E-state index is 2.35. The molecule has 0 aromatic heterocycles. The van der Waals surface area contributed by atoms with Gasteiger partial charge < -0.3 is 14.7 Å². The summed E-state index contributed by atoms with van der Waals surface area (Å²) in [5.41, 5.74) is 24.9. The van der Waals surface area contributed by atoms with Crippen LogP contribution in [0.2, 0.25) is 0 Å². The zero-order valence-corrected chi connectivity index (χ0v) is 62.5. The van der Waals surface area contributed by atoms with Crippen LogP contribution in [-0.2, 0) is 0 Å². The molecule has 20 rings (SSSR count). The van der Waals surface area contributed by atoms with Crippen LogP contribution in [0.3, 0.4) is 0 Å². The summed E-state index contributed by atoms with van der Waals surface area (Å²) in [5.74, 6) is 0. The lowest BCUT2D eigenvalue weighted by molar-refractivity contribution is 1.28. The molecule has 3 nitrogen and oxygen atoms in total. The Morgan fingerprint density at radius 3 is 0.584 bits per heavy atom. The molecule has 3 heteroatoms. The number of para-hydroxylation sites is 2. The van der Waals surface area contributed by atoms with Crippen molar-refractivity contribution in [2.45, 2.75) is 0 Å². The molecule has 0 N–H and O–H groups in total. The van der Waals surface area contributed by atoms with E-state index in [2.05, 4.69) is 494 Å². The number of anilines is 9. The second-order valence-electron chi connectivity index (χ2n) is 28.3. The fourth-order valence-electron chi connectivity index (χ4n) is 15.8. The van der Waals surface area contributed by atoms with Crippen molar-refractivity contribution in [2.24, 2.45) is 0 Å². The molecule has 113 heavy (non-hydrogen) atoms. The fourth-order valence-corrected chi connectivity index (χ4v) is 15.8. The molecule has 0 bridgehead atoms. The van der Waals surface area contributed by atoms with Gasteiger partial charge in [0.05, 0.1) is 5.69 Å². The summed E-state index contributed by atoms with van der Waals surface area (Å²) in [6, 6.07) is 171. The quantitative estimate of drug-likeness (QED) is 0.101. The topological polar surface area (TPSA) is 9.72 Å². The highest BCUT2D eigenvalue weighted by Crippen LogP contribution is 2.44. The summed E-state index contributed by atoms with van der Waals surface area (Å²) in [7, 11) is 0. The van der Waals surface area contributed by atoms with Gasteiger partial charge in [-0.1, -0.05) is 376 Å². The molecule has 0 saturated heterocycles. The summed E-state index contributed by atoms with van der Waals surface area (Å²) in [5, 5.41) is 12.6. The zero-order valence-electron chi connectivity index (χ0n) is 62.5. The summed E-state index contributed by atoms with van der Waals surface area (Å²) in [6.07, 6.45) is 0. The minimum atomic E-state index is 1.11. The van der Waals surface area contributed by atoms with Gasteiger partial charge in [0.25, 0.3) is 0 Å². The van der Waals surface area contributed by atoms with E-state index >= 15 is 0 Å². The number of hydrogen-bond donors (Lipinski definition) is 0. The predicted molar refractivity (Wildman–Crippen MR) is 484 cm³/mol. The van der Waals surface area contributed by atoms with Crippen LogP contribution in [0, 0.1) is 0 Å². The van der Waals surface area contributed by atoms with E-state index in [0.717, 1.165) is 45.5 Å². The molecular weight excluding hydrogens is 1360 g/mol. The first-order chi connectivity index (χ1) is 56.1. The predicted octanol–water partition coefficient (Wildman–Crippen LogP) is 31.2. The van der Waals surface area contributed by atoms with Gasteiger partial charge in [-0.2, -0.15) is 0 Å². The van der Waals surface area contributed by atoms with Gasteiger partial charge in [-0.15, -0.1) is 0 Å². The smallest absolute Gasteiger partial charge is 0.0540 e. The minimum absolute atomic E-state index is 1.11. The van der Waals surface area contributed by atoms with Gasteiger partial charge in [0.1, 0.15) is 0 Å². The van der Waals surface area contributed by atoms with Crippen molar-refractivity contribution in [3.05, 3.63) is 479 Å². The van der Waals surface area contributed by atoms with Gasteiger partial charge in [-0.05, 0) is 218 Å². The van der Waals surface area contributed by atoms with Crippen molar-refractivity contribution in [3.8, 4) is 66.8 Å². The van der Waals surface area contributed by atoms with E-state index in [1.54, 1.807) is 0 Å². The largest absolute Gasteiger partial charge is 0.311 e. The maximum Gasteiger partial charge on any atom is 0.0540 e. The van der Waals surface area contributed by atoms with E-state index in [-0.39, 0.29) is 0 Å². The molecule has 0 atom stereocenters. The van der Waals surface area contributed by atoms with Crippen molar-refractivity contribution >= 4 is 105 Å². The highest BCUT2D eigenvalue weighted by molar-refractivity contribution is 6.02. The molecule has 0 aliphatic rings. The van der Waals surface area contributed by atoms with Gasteiger partial charge in [0.15, 0.2) is 0 Å². The Morgan fingerprint density at radius 2 is 0.292 bits per heavy atom. The van der Waals surface area contributed by atoms with Crippen molar-refractivity contribution in [2.75, 3.05) is 14.7 Å². The van der Waals surface area contributed by atoms with Gasteiger partial charge in [0.2, 0.25) is 0 Å². The Balaban J connectivity index is 0.000000123. The monoisotopic (exact) mass is 1440 g/mol. The number of benzene rings is 20. The third kappa shape index (κ3) is 15.0. The molecule has 534 valence electrons. The first kappa shape index (κ1) is 69.8. The first-order valence-corrected chi connectivity index (χ1v) is 38.7. The molecule has 0 aliphatic carbocycles. The number of fused-ring (bicyclic) bond motifs is 5. The molecule has 20 aromatic rings. The van der Waals surface area contributed by atoms with Crippen molar-refractivity contribution in [1.82, 2.24) is 0 Å². The van der Waals surface area contributed by atoms with Crippen LogP contribution in [0.25, 0.3) is 121 Å². The Labute approximate surface area is 661 Å². The molecule has 0 radical (unpaired) electrons. The summed E-state index contributed by atoms with van der Waals surface area (Å²) >= 11 is 0. The Hall–Kier alpha value is -14.9. The lowest BCUT2D eigenvalue weighted by atomic mass is 9.97. The van der Waals surface area contributed by atoms with E-state index in [4.69, 9.17) is 0 Å². The molecule has 0 saturated carbocycles. The highest BCUT2D eigenvalue weighted by atomic mass is 15.2. The van der Waals surface area contributed by atoms with Crippen LogP contribution in [0.15, 0.2) is 479 Å². The van der Waals surface area contributed by atoms with Crippen molar-refractivity contribution in [3.63, 3.8) is 0 Å². The van der Waals surface area contributed by atoms with Gasteiger partial charge in [-0.25, -0.2) is 0 Å². The van der Waals surface area contributed by atoms with Crippen LogP contribution in [0.1, 0.15) is 0 Å². The Bertz CT molecular complexity index is 6290. The average Bonchev–Trinajstić information content (AvgIpc) is 0.803. The molecular formula is C110H79N3. The summed E-state index contributed by atoms with van der Waals surface area (Å²) in [4.78, 5) is 6.99. The van der Waals surface area contributed by atoms with Gasteiger partial charge in [0, 0.05) is 50.9 Å². The SMILES string of the molecule is c1ccc(-c2ccc(N(c3ccccc3)c3ccc(-c4cccc5ccccc45)cc3)cc2)cc1.c1ccc(-c2ccc(N(c3ccccc3)c3cccc4ccccc34)cc2)cc1.c1ccc2c(-c3ccc(N(c4ccc(-c5cccc6ccccc56)cc4)c4ccc(-c5cccc6ccccc56)cc4)cc3)cccc2c1. The van der Waals surface area contributed by atoms with E-state index in [1.165, 1.54) is 126 Å². The summed E-state index contributed by atoms with van der Waals surface area (Å²) < 4.78 is 0. The molecule has 0 spiro atoms. The highest BCUT2D eigenvalue weighted by Gasteiger charge is 2.19. The Morgan fingerprint density at radius 1 is 0.106 bits per heavy atom. The first-order valence-electron chi connectivity index (χ1n) is 38.7. The third-order valence-electron chi connectivity index (χ3n) is 21.4. The molecule has 0 amide bonds. The van der Waals surface area contributed by atoms with Gasteiger partial charge in [-0.3, -0.25) is 0 Å². The second-order valence-corrected chi connectivity index (χ2v) is 28.3. The molecule has 0 fully saturated rings. The average molecular weight is 1440 g/mol. The van der Waals surface area contributed by atoms with Crippen LogP contribution in [0.5, 0.6) is 0 Å². The van der Waals surface area contributed by atoms with Gasteiger partial charge >= 0.3 is 0 Å². The lowest BCUT2D eigenvalue weighted by Gasteiger charge is -2.27. The molecule has 0 aliphatic heterocycles. The number of nitrogens with zero attached hydrogens (tertiary/aromatic N) is 3. The number of rotatable bonds is 15. The Kier molecular flexibility index (Phi) is 20.1. The van der Waals surface area contributed by atoms with Crippen LogP contribution in [-0.4, -0.2) is 0 Å². The van der Waals surface area contributed by atoms with Crippen LogP contribution < -0.4 is 14.7 Å². The minimum Gasteiger partial charge on any atom is -0.311 e. The van der Waals surface area contributed by atoms with E-state index in [9.17, 15) is 0 Å². The van der Waals surface area contributed by atoms with Crippen LogP contribution in [0.4, 0.5) is 51.2 Å². The van der Waals surface area contributed by atoms with Crippen molar-refractivity contribution in [1.29, 1.82) is 0 Å². The molecule has 0 heterocycles. The van der Waals surface area contributed by atoms with E-state index < -0.39 is 0 Å². The summed E-state index contributed by atoms with van der Waals surface area (Å²) in [6.45, 7) is 0. The van der Waals surface area contributed by atoms with Crippen molar-refractivity contribution < 1.29 is 0 Å². The molecule has 20 aromatic carbocycles. The standard InChI is InChI=1S/C48H33N.C34H25N.C28H21N/c1-4-16-43-34(10-1)13-7-19-46(43)37-22-28-40(29-23-37)49(41-30-24-38(25-31-41)47-20-8-14-35-11-2-5-17-44(35)47)42-32-26-39(27-33-42)48-21-9-15-36-12-3-6-18-45(36)48;1-3-10-26(11-4-1)27-18-22-31(23-19-27)35(30-14-5-2-6-15-30)32-24-20-29(21-25-32)34-17-9-13-28-12-7-8-16-33(28)34;1-3-10-22(11-4-1)23-18-20-26(21-19-23)29(25-14-5-2-6-15-25)28-17-9-13-24-12-7-8-16-27(24)28/h1-33H;1-25H;1-21H. The van der Waals surface area contributed by atoms with Crippen LogP contribution >= 0.6 is 0 Å². The maximum atomic E-state index is 2.35. The normalized spacial score (nSPS) is 11.0. The zero-order chi connectivity index (χ0) is 75.5. The van der Waals surface area contributed by atoms with E-state index in [0.29, 0.717) is 0 Å². The second kappa shape index (κ2) is 32.5. The van der Waals surface area contributed by atoms with E-state index in [1.807, 2.05) is 0 Å². The third-order valence-corrected chi connectivity index (χ3v) is 21.4. The molecule has 0 unspecified atom stereocenters. The lowest BCUT2D eigenvalue weighted by Crippen LogP contribution is -2.10.